The molecule has 3 N–H and O–H groups in total. The molecule has 0 aromatic carbocycles. The Balaban J connectivity index is 3.49. The molecule has 0 aliphatic rings. The van der Waals surface area contributed by atoms with Gasteiger partial charge in [-0.3, -0.25) is 4.79 Å². The summed E-state index contributed by atoms with van der Waals surface area (Å²) in [5.41, 5.74) is 0. The summed E-state index contributed by atoms with van der Waals surface area (Å²) in [5, 5.41) is 23.1. The highest BCUT2D eigenvalue weighted by atomic mass is 16.3. The van der Waals surface area contributed by atoms with Crippen LogP contribution in [0.1, 0.15) is 239 Å². The number of aliphatic hydroxyl groups is 2. The molecule has 0 rings (SSSR count). The molecular weight excluding hydrogens is 554 g/mol. The zero-order chi connectivity index (χ0) is 32.9. The Hall–Kier alpha value is -0.610. The number of nitrogens with one attached hydrogen (secondary N) is 1. The van der Waals surface area contributed by atoms with Crippen LogP contribution < -0.4 is 5.32 Å². The maximum atomic E-state index is 12.4. The predicted octanol–water partition coefficient (Wildman–Crippen LogP) is 12.5. The zero-order valence-corrected chi connectivity index (χ0v) is 30.9. The van der Waals surface area contributed by atoms with Crippen LogP contribution in [0.5, 0.6) is 0 Å². The van der Waals surface area contributed by atoms with Crippen molar-refractivity contribution in [1.29, 1.82) is 0 Å². The monoisotopic (exact) mass is 638 g/mol. The number of carbonyl (C=O) groups is 1. The van der Waals surface area contributed by atoms with Crippen LogP contribution in [0.25, 0.3) is 0 Å². The van der Waals surface area contributed by atoms with Crippen LogP contribution in [0.3, 0.4) is 0 Å². The summed E-state index contributed by atoms with van der Waals surface area (Å²) in [7, 11) is 0. The summed E-state index contributed by atoms with van der Waals surface area (Å²) >= 11 is 0. The average Bonchev–Trinajstić information content (AvgIpc) is 3.04. The minimum absolute atomic E-state index is 0.0270. The van der Waals surface area contributed by atoms with Gasteiger partial charge in [-0.2, -0.15) is 0 Å². The highest BCUT2D eigenvalue weighted by molar-refractivity contribution is 5.76. The minimum atomic E-state index is -0.652. The Labute approximate surface area is 283 Å². The number of aliphatic hydroxyl groups excluding tert-OH is 2. The van der Waals surface area contributed by atoms with Gasteiger partial charge in [-0.25, -0.2) is 0 Å². The van der Waals surface area contributed by atoms with Gasteiger partial charge in [-0.1, -0.05) is 219 Å². The van der Waals surface area contributed by atoms with Gasteiger partial charge in [0.2, 0.25) is 5.91 Å². The fourth-order valence-electron chi connectivity index (χ4n) is 6.66. The van der Waals surface area contributed by atoms with Crippen molar-refractivity contribution in [2.24, 2.45) is 0 Å². The molecule has 4 nitrogen and oxygen atoms in total. The summed E-state index contributed by atoms with van der Waals surface area (Å²) in [6, 6.07) is -0.528. The smallest absolute Gasteiger partial charge is 0.220 e. The quantitative estimate of drug-likeness (QED) is 0.0590. The van der Waals surface area contributed by atoms with Crippen molar-refractivity contribution < 1.29 is 15.0 Å². The van der Waals surface area contributed by atoms with Crippen molar-refractivity contribution in [3.05, 3.63) is 0 Å². The van der Waals surface area contributed by atoms with E-state index in [9.17, 15) is 15.0 Å². The van der Waals surface area contributed by atoms with E-state index in [0.29, 0.717) is 12.8 Å². The number of carbonyl (C=O) groups excluding carboxylic acids is 1. The minimum Gasteiger partial charge on any atom is -0.394 e. The van der Waals surface area contributed by atoms with Crippen LogP contribution >= 0.6 is 0 Å². The predicted molar refractivity (Wildman–Crippen MR) is 198 cm³/mol. The Morgan fingerprint density at radius 2 is 0.711 bits per heavy atom. The van der Waals surface area contributed by atoms with Gasteiger partial charge in [0, 0.05) is 6.42 Å². The van der Waals surface area contributed by atoms with Gasteiger partial charge in [0.05, 0.1) is 18.8 Å². The number of rotatable bonds is 38. The van der Waals surface area contributed by atoms with Gasteiger partial charge in [0.25, 0.3) is 0 Å². The molecule has 2 atom stereocenters. The van der Waals surface area contributed by atoms with Crippen LogP contribution in [-0.4, -0.2) is 34.9 Å². The van der Waals surface area contributed by atoms with Gasteiger partial charge in [-0.05, 0) is 12.8 Å². The Morgan fingerprint density at radius 1 is 0.444 bits per heavy atom. The third-order valence-corrected chi connectivity index (χ3v) is 9.87. The molecule has 0 spiro atoms. The third kappa shape index (κ3) is 34.5. The summed E-state index contributed by atoms with van der Waals surface area (Å²) in [6.07, 6.45) is 44.5. The normalized spacial score (nSPS) is 12.9. The standard InChI is InChI=1S/C41H83NO3/c1-3-5-7-9-11-13-15-17-19-21-22-24-26-28-30-32-34-36-40(44)39(38-43)42-41(45)37-35-33-31-29-27-25-23-20-18-16-14-12-10-8-6-4-2/h39-40,43-44H,3-38H2,1-2H3,(H,42,45). The first-order valence-corrected chi connectivity index (χ1v) is 20.7. The van der Waals surface area contributed by atoms with Gasteiger partial charge >= 0.3 is 0 Å². The fourth-order valence-corrected chi connectivity index (χ4v) is 6.66. The summed E-state index contributed by atoms with van der Waals surface area (Å²) < 4.78 is 0. The van der Waals surface area contributed by atoms with Crippen molar-refractivity contribution in [3.63, 3.8) is 0 Å². The molecule has 0 saturated carbocycles. The van der Waals surface area contributed by atoms with Crippen molar-refractivity contribution in [1.82, 2.24) is 5.32 Å². The van der Waals surface area contributed by atoms with Crippen LogP contribution in [0, 0.1) is 0 Å². The van der Waals surface area contributed by atoms with Gasteiger partial charge in [0.1, 0.15) is 0 Å². The Bertz CT molecular complexity index is 569. The lowest BCUT2D eigenvalue weighted by Crippen LogP contribution is -2.45. The molecule has 0 heterocycles. The van der Waals surface area contributed by atoms with E-state index in [-0.39, 0.29) is 12.5 Å². The summed E-state index contributed by atoms with van der Waals surface area (Å²) in [6.45, 7) is 4.38. The van der Waals surface area contributed by atoms with E-state index < -0.39 is 12.1 Å². The van der Waals surface area contributed by atoms with E-state index in [1.54, 1.807) is 0 Å². The highest BCUT2D eigenvalue weighted by Crippen LogP contribution is 2.16. The van der Waals surface area contributed by atoms with E-state index in [4.69, 9.17) is 0 Å². The maximum absolute atomic E-state index is 12.4. The number of hydrogen-bond acceptors (Lipinski definition) is 3. The van der Waals surface area contributed by atoms with Gasteiger partial charge in [0.15, 0.2) is 0 Å². The van der Waals surface area contributed by atoms with Gasteiger partial charge in [-0.15, -0.1) is 0 Å². The molecular formula is C41H83NO3. The van der Waals surface area contributed by atoms with Crippen molar-refractivity contribution >= 4 is 5.91 Å². The van der Waals surface area contributed by atoms with Crippen molar-refractivity contribution in [2.75, 3.05) is 6.61 Å². The van der Waals surface area contributed by atoms with Crippen molar-refractivity contribution in [3.8, 4) is 0 Å². The molecule has 45 heavy (non-hydrogen) atoms. The second-order valence-corrected chi connectivity index (χ2v) is 14.4. The van der Waals surface area contributed by atoms with Crippen LogP contribution in [-0.2, 0) is 4.79 Å². The molecule has 0 aromatic rings. The SMILES string of the molecule is CCCCCCCCCCCCCCCCCCCC(O)C(CO)NC(=O)CCCCCCCCCCCCCCCCCC. The lowest BCUT2D eigenvalue weighted by Gasteiger charge is -2.22. The van der Waals surface area contributed by atoms with E-state index >= 15 is 0 Å². The lowest BCUT2D eigenvalue weighted by atomic mass is 10.0. The molecule has 0 bridgehead atoms. The summed E-state index contributed by atoms with van der Waals surface area (Å²) in [5.74, 6) is -0.0270. The molecule has 0 fully saturated rings. The first-order valence-electron chi connectivity index (χ1n) is 20.7. The van der Waals surface area contributed by atoms with E-state index in [0.717, 1.165) is 25.7 Å². The molecule has 0 aliphatic heterocycles. The maximum Gasteiger partial charge on any atom is 0.220 e. The molecule has 270 valence electrons. The fraction of sp³-hybridized carbons (Fsp3) is 0.976. The first kappa shape index (κ1) is 44.4. The lowest BCUT2D eigenvalue weighted by molar-refractivity contribution is -0.123. The third-order valence-electron chi connectivity index (χ3n) is 9.87. The van der Waals surface area contributed by atoms with Gasteiger partial charge < -0.3 is 15.5 Å². The number of amides is 1. The zero-order valence-electron chi connectivity index (χ0n) is 30.9. The first-order chi connectivity index (χ1) is 22.2. The second kappa shape index (κ2) is 37.8. The molecule has 4 heteroatoms. The van der Waals surface area contributed by atoms with E-state index in [1.807, 2.05) is 0 Å². The van der Waals surface area contributed by atoms with Crippen LogP contribution in [0.2, 0.25) is 0 Å². The summed E-state index contributed by atoms with van der Waals surface area (Å²) in [4.78, 5) is 12.4. The highest BCUT2D eigenvalue weighted by Gasteiger charge is 2.20. The van der Waals surface area contributed by atoms with E-state index in [1.165, 1.54) is 186 Å². The Kier molecular flexibility index (Phi) is 37.3. The second-order valence-electron chi connectivity index (χ2n) is 14.4. The molecule has 0 radical (unpaired) electrons. The number of unbranched alkanes of at least 4 members (excludes halogenated alkanes) is 31. The topological polar surface area (TPSA) is 69.6 Å². The van der Waals surface area contributed by atoms with Crippen LogP contribution in [0.4, 0.5) is 0 Å². The van der Waals surface area contributed by atoms with Crippen LogP contribution in [0.15, 0.2) is 0 Å². The molecule has 0 aliphatic carbocycles. The molecule has 2 unspecified atom stereocenters. The molecule has 0 saturated heterocycles. The van der Waals surface area contributed by atoms with E-state index in [2.05, 4.69) is 19.2 Å². The van der Waals surface area contributed by atoms with Crippen molar-refractivity contribution in [2.45, 2.75) is 251 Å². The average molecular weight is 638 g/mol. The largest absolute Gasteiger partial charge is 0.394 e. The Morgan fingerprint density at radius 3 is 1.00 bits per heavy atom. The number of hydrogen-bond donors (Lipinski definition) is 3. The molecule has 1 amide bonds. The molecule has 0 aromatic heterocycles.